The minimum absolute atomic E-state index is 0.213. The Labute approximate surface area is 114 Å². The van der Waals surface area contributed by atoms with E-state index >= 15 is 0 Å². The minimum Gasteiger partial charge on any atom is -0.375 e. The molecule has 0 saturated carbocycles. The number of hydrazine groups is 1. The van der Waals surface area contributed by atoms with Crippen molar-refractivity contribution in [1.82, 2.24) is 9.97 Å². The lowest BCUT2D eigenvalue weighted by atomic mass is 10.1. The van der Waals surface area contributed by atoms with Crippen LogP contribution in [0.25, 0.3) is 0 Å². The van der Waals surface area contributed by atoms with Crippen molar-refractivity contribution in [2.75, 3.05) is 23.5 Å². The average molecular weight is 265 g/mol. The Kier molecular flexibility index (Phi) is 4.21. The minimum atomic E-state index is 0.213. The number of aryl methyl sites for hydroxylation is 1. The molecule has 2 unspecified atom stereocenters. The van der Waals surface area contributed by atoms with Gasteiger partial charge in [0.15, 0.2) is 0 Å². The zero-order chi connectivity index (χ0) is 14.0. The van der Waals surface area contributed by atoms with Crippen LogP contribution in [0.1, 0.15) is 32.2 Å². The van der Waals surface area contributed by atoms with Crippen LogP contribution < -0.4 is 16.2 Å². The van der Waals surface area contributed by atoms with E-state index in [9.17, 15) is 0 Å². The molecule has 2 atom stereocenters. The summed E-state index contributed by atoms with van der Waals surface area (Å²) in [5.41, 5.74) is 3.65. The van der Waals surface area contributed by atoms with Gasteiger partial charge in [-0.25, -0.2) is 15.8 Å². The monoisotopic (exact) mass is 265 g/mol. The standard InChI is InChI=1S/C13H23N5O/c1-5-11-15-12(17-14)10(4)13(16-11)18-6-9(3)19-7-8(18)2/h8-9H,5-7,14H2,1-4H3,(H,15,16,17). The fraction of sp³-hybridized carbons (Fsp3) is 0.692. The Morgan fingerprint density at radius 2 is 2.16 bits per heavy atom. The first kappa shape index (κ1) is 14.0. The summed E-state index contributed by atoms with van der Waals surface area (Å²) >= 11 is 0. The normalized spacial score (nSPS) is 23.5. The van der Waals surface area contributed by atoms with Gasteiger partial charge in [-0.1, -0.05) is 6.92 Å². The number of anilines is 2. The van der Waals surface area contributed by atoms with Crippen molar-refractivity contribution in [3.8, 4) is 0 Å². The molecule has 0 amide bonds. The van der Waals surface area contributed by atoms with E-state index in [0.29, 0.717) is 11.9 Å². The van der Waals surface area contributed by atoms with Crippen molar-refractivity contribution in [2.45, 2.75) is 46.3 Å². The largest absolute Gasteiger partial charge is 0.375 e. The van der Waals surface area contributed by atoms with Gasteiger partial charge in [-0.05, 0) is 20.8 Å². The van der Waals surface area contributed by atoms with Gasteiger partial charge in [0, 0.05) is 18.5 Å². The highest BCUT2D eigenvalue weighted by atomic mass is 16.5. The molecule has 19 heavy (non-hydrogen) atoms. The van der Waals surface area contributed by atoms with Crippen LogP contribution in [-0.2, 0) is 11.2 Å². The second-order valence-corrected chi connectivity index (χ2v) is 5.08. The SMILES string of the molecule is CCc1nc(NN)c(C)c(N2CC(C)OCC2C)n1. The van der Waals surface area contributed by atoms with Crippen LogP contribution in [0.15, 0.2) is 0 Å². The topological polar surface area (TPSA) is 76.3 Å². The molecule has 1 aliphatic heterocycles. The van der Waals surface area contributed by atoms with Crippen molar-refractivity contribution in [3.05, 3.63) is 11.4 Å². The van der Waals surface area contributed by atoms with Gasteiger partial charge in [-0.2, -0.15) is 0 Å². The predicted octanol–water partition coefficient (Wildman–Crippen LogP) is 1.25. The van der Waals surface area contributed by atoms with E-state index < -0.39 is 0 Å². The second kappa shape index (κ2) is 5.71. The fourth-order valence-electron chi connectivity index (χ4n) is 2.33. The maximum Gasteiger partial charge on any atom is 0.148 e. The molecule has 0 aromatic carbocycles. The molecule has 106 valence electrons. The van der Waals surface area contributed by atoms with E-state index in [4.69, 9.17) is 10.6 Å². The number of nitrogens with one attached hydrogen (secondary N) is 1. The van der Waals surface area contributed by atoms with Crippen LogP contribution in [0, 0.1) is 6.92 Å². The van der Waals surface area contributed by atoms with E-state index in [2.05, 4.69) is 34.1 Å². The smallest absolute Gasteiger partial charge is 0.148 e. The number of aromatic nitrogens is 2. The van der Waals surface area contributed by atoms with Crippen molar-refractivity contribution >= 4 is 11.6 Å². The summed E-state index contributed by atoms with van der Waals surface area (Å²) in [5.74, 6) is 8.02. The Morgan fingerprint density at radius 3 is 2.79 bits per heavy atom. The Balaban J connectivity index is 2.41. The molecule has 1 saturated heterocycles. The van der Waals surface area contributed by atoms with Crippen LogP contribution >= 0.6 is 0 Å². The van der Waals surface area contributed by atoms with Gasteiger partial charge < -0.3 is 15.1 Å². The molecule has 1 aromatic rings. The van der Waals surface area contributed by atoms with Gasteiger partial charge in [0.05, 0.1) is 18.8 Å². The zero-order valence-corrected chi connectivity index (χ0v) is 12.1. The van der Waals surface area contributed by atoms with Crippen molar-refractivity contribution in [2.24, 2.45) is 5.84 Å². The number of nitrogens with two attached hydrogens (primary N) is 1. The maximum absolute atomic E-state index is 5.67. The molecule has 2 rings (SSSR count). The van der Waals surface area contributed by atoms with E-state index in [1.54, 1.807) is 0 Å². The first-order valence-electron chi connectivity index (χ1n) is 6.79. The summed E-state index contributed by atoms with van der Waals surface area (Å²) in [6.45, 7) is 9.83. The van der Waals surface area contributed by atoms with Crippen LogP contribution in [-0.4, -0.2) is 35.3 Å². The fourth-order valence-corrected chi connectivity index (χ4v) is 2.33. The van der Waals surface area contributed by atoms with Gasteiger partial charge in [0.1, 0.15) is 17.5 Å². The molecule has 2 heterocycles. The Morgan fingerprint density at radius 1 is 1.42 bits per heavy atom. The molecule has 1 aromatic heterocycles. The molecule has 0 aliphatic carbocycles. The molecule has 6 nitrogen and oxygen atoms in total. The van der Waals surface area contributed by atoms with Crippen molar-refractivity contribution < 1.29 is 4.74 Å². The lowest BCUT2D eigenvalue weighted by Gasteiger charge is -2.38. The van der Waals surface area contributed by atoms with Gasteiger partial charge in [0.2, 0.25) is 0 Å². The van der Waals surface area contributed by atoms with E-state index in [-0.39, 0.29) is 6.10 Å². The van der Waals surface area contributed by atoms with Gasteiger partial charge >= 0.3 is 0 Å². The quantitative estimate of drug-likeness (QED) is 0.632. The highest BCUT2D eigenvalue weighted by molar-refractivity contribution is 5.59. The van der Waals surface area contributed by atoms with E-state index in [1.165, 1.54) is 0 Å². The van der Waals surface area contributed by atoms with Gasteiger partial charge in [0.25, 0.3) is 0 Å². The number of hydrogen-bond acceptors (Lipinski definition) is 6. The van der Waals surface area contributed by atoms with Crippen molar-refractivity contribution in [1.29, 1.82) is 0 Å². The summed E-state index contributed by atoms with van der Waals surface area (Å²) < 4.78 is 5.67. The van der Waals surface area contributed by atoms with Crippen LogP contribution in [0.5, 0.6) is 0 Å². The van der Waals surface area contributed by atoms with Crippen molar-refractivity contribution in [3.63, 3.8) is 0 Å². The summed E-state index contributed by atoms with van der Waals surface area (Å²) in [4.78, 5) is 11.4. The maximum atomic E-state index is 5.67. The third-order valence-corrected chi connectivity index (χ3v) is 3.50. The Bertz CT molecular complexity index is 451. The number of morpholine rings is 1. The highest BCUT2D eigenvalue weighted by Gasteiger charge is 2.27. The molecule has 0 spiro atoms. The lowest BCUT2D eigenvalue weighted by Crippen LogP contribution is -2.48. The van der Waals surface area contributed by atoms with Crippen LogP contribution in [0.2, 0.25) is 0 Å². The molecule has 0 radical (unpaired) electrons. The third-order valence-electron chi connectivity index (χ3n) is 3.50. The number of nitrogens with zero attached hydrogens (tertiary/aromatic N) is 3. The summed E-state index contributed by atoms with van der Waals surface area (Å²) in [5, 5.41) is 0. The number of rotatable bonds is 3. The number of nitrogen functional groups attached to an aromatic ring is 1. The third kappa shape index (κ3) is 2.79. The van der Waals surface area contributed by atoms with E-state index in [1.807, 2.05) is 13.8 Å². The molecule has 1 aliphatic rings. The summed E-state index contributed by atoms with van der Waals surface area (Å²) in [7, 11) is 0. The first-order chi connectivity index (χ1) is 9.06. The lowest BCUT2D eigenvalue weighted by molar-refractivity contribution is 0.0340. The molecule has 1 fully saturated rings. The zero-order valence-electron chi connectivity index (χ0n) is 12.1. The predicted molar refractivity (Wildman–Crippen MR) is 76.2 cm³/mol. The van der Waals surface area contributed by atoms with Gasteiger partial charge in [-0.15, -0.1) is 0 Å². The molecular weight excluding hydrogens is 242 g/mol. The molecule has 3 N–H and O–H groups in total. The highest BCUT2D eigenvalue weighted by Crippen LogP contribution is 2.27. The summed E-state index contributed by atoms with van der Waals surface area (Å²) in [6, 6.07) is 0.306. The molecule has 0 bridgehead atoms. The van der Waals surface area contributed by atoms with Crippen LogP contribution in [0.3, 0.4) is 0 Å². The Hall–Kier alpha value is -1.40. The van der Waals surface area contributed by atoms with Crippen LogP contribution in [0.4, 0.5) is 11.6 Å². The number of hydrogen-bond donors (Lipinski definition) is 2. The van der Waals surface area contributed by atoms with Gasteiger partial charge in [-0.3, -0.25) is 0 Å². The second-order valence-electron chi connectivity index (χ2n) is 5.08. The average Bonchev–Trinajstić information content (AvgIpc) is 2.42. The number of ether oxygens (including phenoxy) is 1. The van der Waals surface area contributed by atoms with E-state index in [0.717, 1.165) is 36.8 Å². The molecule has 6 heteroatoms. The first-order valence-corrected chi connectivity index (χ1v) is 6.79. The molecular formula is C13H23N5O. The summed E-state index contributed by atoms with van der Waals surface area (Å²) in [6.07, 6.45) is 1.00.